The predicted octanol–water partition coefficient (Wildman–Crippen LogP) is 1.98. The van der Waals surface area contributed by atoms with Crippen LogP contribution in [-0.4, -0.2) is 33.3 Å². The zero-order valence-electron chi connectivity index (χ0n) is 16.0. The number of hydrogen-bond acceptors (Lipinski definition) is 4. The third-order valence-electron chi connectivity index (χ3n) is 3.98. The SMILES string of the molecule is CCCc1ccc(NC(=O)CNC(=O)CNS(=O)(=O)c2ccc(C)cc2)cc1. The quantitative estimate of drug-likeness (QED) is 0.595. The lowest BCUT2D eigenvalue weighted by Gasteiger charge is -2.09. The Kier molecular flexibility index (Phi) is 7.71. The number of carbonyl (C=O) groups excluding carboxylic acids is 2. The maximum absolute atomic E-state index is 12.1. The summed E-state index contributed by atoms with van der Waals surface area (Å²) in [6, 6.07) is 13.8. The maximum Gasteiger partial charge on any atom is 0.243 e. The monoisotopic (exact) mass is 403 g/mol. The minimum atomic E-state index is -3.78. The molecule has 2 amide bonds. The van der Waals surface area contributed by atoms with Gasteiger partial charge in [-0.3, -0.25) is 9.59 Å². The standard InChI is InChI=1S/C20H25N3O4S/c1-3-4-16-7-9-17(10-8-16)23-20(25)13-21-19(24)14-22-28(26,27)18-11-5-15(2)6-12-18/h5-12,22H,3-4,13-14H2,1-2H3,(H,21,24)(H,23,25). The van der Waals surface area contributed by atoms with Crippen molar-refractivity contribution in [2.75, 3.05) is 18.4 Å². The van der Waals surface area contributed by atoms with Crippen LogP contribution in [0, 0.1) is 6.92 Å². The second-order valence-corrected chi connectivity index (χ2v) is 8.18. The van der Waals surface area contributed by atoms with Gasteiger partial charge in [0.2, 0.25) is 21.8 Å². The molecule has 2 aromatic carbocycles. The first-order chi connectivity index (χ1) is 13.3. The van der Waals surface area contributed by atoms with E-state index in [0.29, 0.717) is 5.69 Å². The van der Waals surface area contributed by atoms with Crippen LogP contribution in [0.3, 0.4) is 0 Å². The van der Waals surface area contributed by atoms with E-state index >= 15 is 0 Å². The molecule has 0 unspecified atom stereocenters. The summed E-state index contributed by atoms with van der Waals surface area (Å²) in [7, 11) is -3.78. The van der Waals surface area contributed by atoms with Crippen molar-refractivity contribution >= 4 is 27.5 Å². The topological polar surface area (TPSA) is 104 Å². The van der Waals surface area contributed by atoms with Crippen LogP contribution in [-0.2, 0) is 26.0 Å². The van der Waals surface area contributed by atoms with E-state index in [0.717, 1.165) is 18.4 Å². The number of hydrogen-bond donors (Lipinski definition) is 3. The van der Waals surface area contributed by atoms with E-state index in [1.54, 1.807) is 24.3 Å². The summed E-state index contributed by atoms with van der Waals surface area (Å²) in [5.41, 5.74) is 2.76. The summed E-state index contributed by atoms with van der Waals surface area (Å²) >= 11 is 0. The van der Waals surface area contributed by atoms with Crippen molar-refractivity contribution in [3.05, 3.63) is 59.7 Å². The van der Waals surface area contributed by atoms with Gasteiger partial charge in [0.15, 0.2) is 0 Å². The molecule has 0 aromatic heterocycles. The second kappa shape index (κ2) is 10.0. The Morgan fingerprint density at radius 2 is 1.54 bits per heavy atom. The summed E-state index contributed by atoms with van der Waals surface area (Å²) in [4.78, 5) is 23.8. The highest BCUT2D eigenvalue weighted by molar-refractivity contribution is 7.89. The molecule has 0 spiro atoms. The van der Waals surface area contributed by atoms with Crippen LogP contribution < -0.4 is 15.4 Å². The number of benzene rings is 2. The molecule has 0 radical (unpaired) electrons. The third kappa shape index (κ3) is 6.79. The minimum absolute atomic E-state index is 0.0789. The minimum Gasteiger partial charge on any atom is -0.346 e. The average Bonchev–Trinajstić information content (AvgIpc) is 2.67. The molecule has 0 aliphatic carbocycles. The van der Waals surface area contributed by atoms with Gasteiger partial charge in [-0.2, -0.15) is 0 Å². The molecule has 3 N–H and O–H groups in total. The molecule has 150 valence electrons. The summed E-state index contributed by atoms with van der Waals surface area (Å²) in [5, 5.41) is 5.07. The summed E-state index contributed by atoms with van der Waals surface area (Å²) in [6.07, 6.45) is 2.02. The zero-order valence-corrected chi connectivity index (χ0v) is 16.8. The molecule has 0 saturated carbocycles. The fourth-order valence-electron chi connectivity index (χ4n) is 2.45. The first-order valence-electron chi connectivity index (χ1n) is 9.02. The molecule has 0 heterocycles. The molecule has 8 heteroatoms. The Morgan fingerprint density at radius 3 is 2.14 bits per heavy atom. The Balaban J connectivity index is 1.77. The van der Waals surface area contributed by atoms with Gasteiger partial charge >= 0.3 is 0 Å². The Hall–Kier alpha value is -2.71. The molecule has 0 fully saturated rings. The normalized spacial score (nSPS) is 11.1. The average molecular weight is 404 g/mol. The molecule has 2 rings (SSSR count). The maximum atomic E-state index is 12.1. The van der Waals surface area contributed by atoms with Crippen molar-refractivity contribution in [3.63, 3.8) is 0 Å². The lowest BCUT2D eigenvalue weighted by molar-refractivity contribution is -0.123. The van der Waals surface area contributed by atoms with Crippen LogP contribution in [0.5, 0.6) is 0 Å². The number of amides is 2. The Morgan fingerprint density at radius 1 is 0.893 bits per heavy atom. The Bertz CT molecular complexity index is 907. The fraction of sp³-hybridized carbons (Fsp3) is 0.300. The van der Waals surface area contributed by atoms with Crippen molar-refractivity contribution in [2.45, 2.75) is 31.6 Å². The number of sulfonamides is 1. The number of rotatable bonds is 9. The van der Waals surface area contributed by atoms with Crippen LogP contribution >= 0.6 is 0 Å². The van der Waals surface area contributed by atoms with Gasteiger partial charge in [0, 0.05) is 5.69 Å². The second-order valence-electron chi connectivity index (χ2n) is 6.41. The zero-order chi connectivity index (χ0) is 20.6. The highest BCUT2D eigenvalue weighted by Crippen LogP contribution is 2.11. The number of nitrogens with one attached hydrogen (secondary N) is 3. The van der Waals surface area contributed by atoms with Gasteiger partial charge in [0.25, 0.3) is 0 Å². The van der Waals surface area contributed by atoms with E-state index in [2.05, 4.69) is 22.3 Å². The molecule has 0 saturated heterocycles. The van der Waals surface area contributed by atoms with E-state index in [9.17, 15) is 18.0 Å². The molecule has 2 aromatic rings. The highest BCUT2D eigenvalue weighted by Gasteiger charge is 2.15. The fourth-order valence-corrected chi connectivity index (χ4v) is 3.43. The molecule has 7 nitrogen and oxygen atoms in total. The van der Waals surface area contributed by atoms with E-state index in [-0.39, 0.29) is 11.4 Å². The van der Waals surface area contributed by atoms with Crippen LogP contribution in [0.15, 0.2) is 53.4 Å². The van der Waals surface area contributed by atoms with E-state index < -0.39 is 28.4 Å². The highest BCUT2D eigenvalue weighted by atomic mass is 32.2. The van der Waals surface area contributed by atoms with Crippen LogP contribution in [0.2, 0.25) is 0 Å². The van der Waals surface area contributed by atoms with E-state index in [1.807, 2.05) is 19.1 Å². The number of carbonyl (C=O) groups is 2. The largest absolute Gasteiger partial charge is 0.346 e. The smallest absolute Gasteiger partial charge is 0.243 e. The van der Waals surface area contributed by atoms with Crippen molar-refractivity contribution in [3.8, 4) is 0 Å². The van der Waals surface area contributed by atoms with Crippen LogP contribution in [0.4, 0.5) is 5.69 Å². The van der Waals surface area contributed by atoms with E-state index in [1.165, 1.54) is 17.7 Å². The molecule has 0 bridgehead atoms. The van der Waals surface area contributed by atoms with Gasteiger partial charge in [0.1, 0.15) is 0 Å². The number of anilines is 1. The lowest BCUT2D eigenvalue weighted by Crippen LogP contribution is -2.40. The molecule has 0 aliphatic heterocycles. The van der Waals surface area contributed by atoms with E-state index in [4.69, 9.17) is 0 Å². The molecule has 0 atom stereocenters. The number of aryl methyl sites for hydroxylation is 2. The molecule has 0 aliphatic rings. The first-order valence-corrected chi connectivity index (χ1v) is 10.5. The van der Waals surface area contributed by atoms with Crippen molar-refractivity contribution in [1.29, 1.82) is 0 Å². The van der Waals surface area contributed by atoms with Crippen molar-refractivity contribution in [1.82, 2.24) is 10.0 Å². The van der Waals surface area contributed by atoms with Gasteiger partial charge in [-0.1, -0.05) is 43.2 Å². The third-order valence-corrected chi connectivity index (χ3v) is 5.39. The van der Waals surface area contributed by atoms with Crippen molar-refractivity contribution < 1.29 is 18.0 Å². The van der Waals surface area contributed by atoms with Crippen LogP contribution in [0.25, 0.3) is 0 Å². The predicted molar refractivity (Wildman–Crippen MR) is 108 cm³/mol. The molecule has 28 heavy (non-hydrogen) atoms. The molecular formula is C20H25N3O4S. The van der Waals surface area contributed by atoms with Gasteiger partial charge in [-0.05, 0) is 43.2 Å². The molecular weight excluding hydrogens is 378 g/mol. The first kappa shape index (κ1) is 21.6. The Labute approximate surface area is 165 Å². The van der Waals surface area contributed by atoms with Gasteiger partial charge < -0.3 is 10.6 Å². The lowest BCUT2D eigenvalue weighted by atomic mass is 10.1. The van der Waals surface area contributed by atoms with Crippen LogP contribution in [0.1, 0.15) is 24.5 Å². The van der Waals surface area contributed by atoms with Gasteiger partial charge in [-0.15, -0.1) is 0 Å². The van der Waals surface area contributed by atoms with Crippen molar-refractivity contribution in [2.24, 2.45) is 0 Å². The van der Waals surface area contributed by atoms with Gasteiger partial charge in [-0.25, -0.2) is 13.1 Å². The summed E-state index contributed by atoms with van der Waals surface area (Å²) in [6.45, 7) is 3.25. The summed E-state index contributed by atoms with van der Waals surface area (Å²) in [5.74, 6) is -0.984. The van der Waals surface area contributed by atoms with Gasteiger partial charge in [0.05, 0.1) is 18.0 Å². The summed E-state index contributed by atoms with van der Waals surface area (Å²) < 4.78 is 26.5.